The van der Waals surface area contributed by atoms with Crippen LogP contribution in [0.5, 0.6) is 0 Å². The molecule has 2 unspecified atom stereocenters. The molecular weight excluding hydrogens is 326 g/mol. The maximum absolute atomic E-state index is 10.5. The van der Waals surface area contributed by atoms with Gasteiger partial charge in [0, 0.05) is 19.1 Å². The zero-order chi connectivity index (χ0) is 17.7. The van der Waals surface area contributed by atoms with Gasteiger partial charge >= 0.3 is 0 Å². The Labute approximate surface area is 143 Å². The average Bonchev–Trinajstić information content (AvgIpc) is 2.55. The molecule has 130 valence electrons. The second-order valence-electron chi connectivity index (χ2n) is 6.01. The normalized spacial score (nSPS) is 20.7. The summed E-state index contributed by atoms with van der Waals surface area (Å²) in [5.74, 6) is 0. The number of nitrogens with zero attached hydrogens (tertiary/aromatic N) is 1. The third-order valence-electron chi connectivity index (χ3n) is 4.10. The molecule has 0 bridgehead atoms. The van der Waals surface area contributed by atoms with Gasteiger partial charge in [0.05, 0.1) is 11.0 Å². The van der Waals surface area contributed by atoms with E-state index in [4.69, 9.17) is 4.55 Å². The molecule has 0 spiro atoms. The lowest BCUT2D eigenvalue weighted by Crippen LogP contribution is -2.57. The fraction of sp³-hybridized carbons (Fsp3) is 0.333. The second kappa shape index (κ2) is 7.90. The molecular formula is C18H23NO4S. The van der Waals surface area contributed by atoms with E-state index in [1.54, 1.807) is 12.1 Å². The Morgan fingerprint density at radius 1 is 1.08 bits per heavy atom. The molecule has 1 aliphatic rings. The van der Waals surface area contributed by atoms with Crippen LogP contribution in [0.25, 0.3) is 0 Å². The first-order valence-electron chi connectivity index (χ1n) is 7.77. The molecule has 0 aliphatic carbocycles. The number of hydrogen-bond acceptors (Lipinski definition) is 4. The molecule has 1 heterocycles. The Kier molecular flexibility index (Phi) is 6.12. The minimum absolute atomic E-state index is 0.0666. The molecule has 2 N–H and O–H groups in total. The van der Waals surface area contributed by atoms with Gasteiger partial charge < -0.3 is 5.11 Å². The molecule has 2 aromatic rings. The minimum atomic E-state index is -4.02. The van der Waals surface area contributed by atoms with Crippen molar-refractivity contribution in [2.75, 3.05) is 6.54 Å². The second-order valence-corrected chi connectivity index (χ2v) is 7.43. The number of aliphatic hydroxyl groups is 1. The largest absolute Gasteiger partial charge is 0.390 e. The van der Waals surface area contributed by atoms with Crippen LogP contribution in [0.4, 0.5) is 0 Å². The van der Waals surface area contributed by atoms with Gasteiger partial charge in [0.1, 0.15) is 0 Å². The lowest BCUT2D eigenvalue weighted by Gasteiger charge is -2.43. The maximum Gasteiger partial charge on any atom is 0.294 e. The molecule has 5 nitrogen and oxygen atoms in total. The van der Waals surface area contributed by atoms with Gasteiger partial charge in [-0.05, 0) is 31.5 Å². The fourth-order valence-corrected chi connectivity index (χ4v) is 2.88. The number of aliphatic hydroxyl groups excluding tert-OH is 1. The van der Waals surface area contributed by atoms with Crippen molar-refractivity contribution in [3.63, 3.8) is 0 Å². The number of hydrogen-bond donors (Lipinski definition) is 2. The van der Waals surface area contributed by atoms with Crippen LogP contribution in [-0.4, -0.2) is 41.7 Å². The molecule has 2 aromatic carbocycles. The van der Waals surface area contributed by atoms with E-state index in [0.29, 0.717) is 6.04 Å². The molecule has 0 aromatic heterocycles. The summed E-state index contributed by atoms with van der Waals surface area (Å²) in [6.07, 6.45) is -0.122. The van der Waals surface area contributed by atoms with E-state index in [-0.39, 0.29) is 11.0 Å². The topological polar surface area (TPSA) is 77.8 Å². The van der Waals surface area contributed by atoms with Crippen LogP contribution in [0, 0.1) is 6.92 Å². The lowest BCUT2D eigenvalue weighted by atomic mass is 10.0. The Balaban J connectivity index is 0.000000177. The van der Waals surface area contributed by atoms with Crippen molar-refractivity contribution in [3.05, 3.63) is 65.7 Å². The highest BCUT2D eigenvalue weighted by atomic mass is 32.2. The van der Waals surface area contributed by atoms with E-state index in [1.165, 1.54) is 17.7 Å². The molecule has 24 heavy (non-hydrogen) atoms. The number of aryl methyl sites for hydroxylation is 1. The van der Waals surface area contributed by atoms with Crippen LogP contribution in [0.2, 0.25) is 0 Å². The molecule has 1 fully saturated rings. The Bertz CT molecular complexity index is 744. The third-order valence-corrected chi connectivity index (χ3v) is 4.97. The molecule has 1 saturated heterocycles. The van der Waals surface area contributed by atoms with E-state index in [1.807, 2.05) is 13.0 Å². The summed E-state index contributed by atoms with van der Waals surface area (Å²) < 4.78 is 29.6. The van der Waals surface area contributed by atoms with Crippen molar-refractivity contribution in [1.82, 2.24) is 4.90 Å². The highest BCUT2D eigenvalue weighted by Crippen LogP contribution is 2.20. The lowest BCUT2D eigenvalue weighted by molar-refractivity contribution is -0.0571. The smallest absolute Gasteiger partial charge is 0.294 e. The SMILES string of the molecule is CC1C(O)CN1Cc1ccccc1.Cc1ccc(S(=O)(=O)O)cc1. The van der Waals surface area contributed by atoms with E-state index < -0.39 is 10.1 Å². The van der Waals surface area contributed by atoms with Gasteiger partial charge in [0.2, 0.25) is 0 Å². The molecule has 0 radical (unpaired) electrons. The zero-order valence-corrected chi connectivity index (χ0v) is 14.6. The fourth-order valence-electron chi connectivity index (χ4n) is 2.40. The molecule has 0 amide bonds. The van der Waals surface area contributed by atoms with E-state index in [2.05, 4.69) is 36.1 Å². The summed E-state index contributed by atoms with van der Waals surface area (Å²) in [5.41, 5.74) is 2.28. The minimum Gasteiger partial charge on any atom is -0.390 e. The Morgan fingerprint density at radius 3 is 2.12 bits per heavy atom. The number of β-amino-alcohol motifs (C(OH)–C–C–N with tert-alkyl or cyclic N) is 1. The van der Waals surface area contributed by atoms with Crippen LogP contribution >= 0.6 is 0 Å². The predicted molar refractivity (Wildman–Crippen MR) is 93.3 cm³/mol. The van der Waals surface area contributed by atoms with E-state index in [9.17, 15) is 13.5 Å². The quantitative estimate of drug-likeness (QED) is 0.833. The van der Waals surface area contributed by atoms with Crippen molar-refractivity contribution in [3.8, 4) is 0 Å². The zero-order valence-electron chi connectivity index (χ0n) is 13.8. The summed E-state index contributed by atoms with van der Waals surface area (Å²) in [6.45, 7) is 5.68. The third kappa shape index (κ3) is 5.14. The van der Waals surface area contributed by atoms with Gasteiger partial charge in [0.25, 0.3) is 10.1 Å². The molecule has 2 atom stereocenters. The van der Waals surface area contributed by atoms with Crippen molar-refractivity contribution in [2.24, 2.45) is 0 Å². The first-order valence-corrected chi connectivity index (χ1v) is 9.21. The molecule has 1 aliphatic heterocycles. The number of benzene rings is 2. The van der Waals surface area contributed by atoms with E-state index in [0.717, 1.165) is 18.7 Å². The summed E-state index contributed by atoms with van der Waals surface area (Å²) in [7, 11) is -4.02. The monoisotopic (exact) mass is 349 g/mol. The molecule has 3 rings (SSSR count). The van der Waals surface area contributed by atoms with Crippen LogP contribution in [0.15, 0.2) is 59.5 Å². The van der Waals surface area contributed by atoms with E-state index >= 15 is 0 Å². The van der Waals surface area contributed by atoms with Gasteiger partial charge in [-0.1, -0.05) is 48.0 Å². The number of rotatable bonds is 3. The van der Waals surface area contributed by atoms with Crippen LogP contribution < -0.4 is 0 Å². The highest BCUT2D eigenvalue weighted by Gasteiger charge is 2.33. The Morgan fingerprint density at radius 2 is 1.67 bits per heavy atom. The van der Waals surface area contributed by atoms with Gasteiger partial charge in [-0.25, -0.2) is 0 Å². The summed E-state index contributed by atoms with van der Waals surface area (Å²) in [4.78, 5) is 2.21. The first-order chi connectivity index (χ1) is 11.3. The van der Waals surface area contributed by atoms with Gasteiger partial charge in [-0.2, -0.15) is 8.42 Å². The number of likely N-dealkylation sites (tertiary alicyclic amines) is 1. The molecule has 0 saturated carbocycles. The van der Waals surface area contributed by atoms with Crippen LogP contribution in [0.1, 0.15) is 18.1 Å². The van der Waals surface area contributed by atoms with Crippen molar-refractivity contribution in [2.45, 2.75) is 37.4 Å². The van der Waals surface area contributed by atoms with Gasteiger partial charge in [0.15, 0.2) is 0 Å². The highest BCUT2D eigenvalue weighted by molar-refractivity contribution is 7.85. The first kappa shape index (κ1) is 18.6. The van der Waals surface area contributed by atoms with Crippen molar-refractivity contribution in [1.29, 1.82) is 0 Å². The molecule has 6 heteroatoms. The van der Waals surface area contributed by atoms with Gasteiger partial charge in [-0.15, -0.1) is 0 Å². The van der Waals surface area contributed by atoms with Crippen LogP contribution in [0.3, 0.4) is 0 Å². The summed E-state index contributed by atoms with van der Waals surface area (Å²) in [5, 5.41) is 9.32. The average molecular weight is 349 g/mol. The van der Waals surface area contributed by atoms with Crippen molar-refractivity contribution < 1.29 is 18.1 Å². The summed E-state index contributed by atoms with van der Waals surface area (Å²) >= 11 is 0. The maximum atomic E-state index is 10.5. The summed E-state index contributed by atoms with van der Waals surface area (Å²) in [6, 6.07) is 16.7. The standard InChI is InChI=1S/C11H15NO.C7H8O3S/c1-9-11(13)8-12(9)7-10-5-3-2-4-6-10;1-6-2-4-7(5-3-6)11(8,9)10/h2-6,9,11,13H,7-8H2,1H3;2-5H,1H3,(H,8,9,10). The Hall–Kier alpha value is -1.73. The van der Waals surface area contributed by atoms with Gasteiger partial charge in [-0.3, -0.25) is 9.45 Å². The van der Waals surface area contributed by atoms with Crippen LogP contribution in [-0.2, 0) is 16.7 Å². The predicted octanol–water partition coefficient (Wildman–Crippen LogP) is 2.49. The van der Waals surface area contributed by atoms with Crippen molar-refractivity contribution >= 4 is 10.1 Å².